The molecule has 0 aliphatic carbocycles. The van der Waals surface area contributed by atoms with Crippen LogP contribution in [0.1, 0.15) is 34.8 Å². The SMILES string of the molecule is CCCOc1cc(/C=C/C(=O)c2ccc(C)c([N+](=O)[O-])c2)ccc1OC. The van der Waals surface area contributed by atoms with Gasteiger partial charge in [0.1, 0.15) is 0 Å². The maximum absolute atomic E-state index is 12.3. The summed E-state index contributed by atoms with van der Waals surface area (Å²) in [7, 11) is 1.57. The van der Waals surface area contributed by atoms with Gasteiger partial charge in [0.2, 0.25) is 0 Å². The Bertz CT molecular complexity index is 842. The number of nitro benzene ring substituents is 1. The molecule has 26 heavy (non-hydrogen) atoms. The van der Waals surface area contributed by atoms with Gasteiger partial charge in [-0.15, -0.1) is 0 Å². The minimum absolute atomic E-state index is 0.0658. The first-order valence-electron chi connectivity index (χ1n) is 8.24. The van der Waals surface area contributed by atoms with Crippen LogP contribution in [0.3, 0.4) is 0 Å². The molecule has 0 amide bonds. The first-order chi connectivity index (χ1) is 12.5. The molecule has 6 nitrogen and oxygen atoms in total. The third-order valence-corrected chi connectivity index (χ3v) is 3.77. The second-order valence-corrected chi connectivity index (χ2v) is 5.71. The summed E-state index contributed by atoms with van der Waals surface area (Å²) in [5.41, 5.74) is 1.49. The summed E-state index contributed by atoms with van der Waals surface area (Å²) in [6, 6.07) is 9.81. The molecule has 0 aliphatic heterocycles. The van der Waals surface area contributed by atoms with Gasteiger partial charge >= 0.3 is 0 Å². The third-order valence-electron chi connectivity index (χ3n) is 3.77. The largest absolute Gasteiger partial charge is 0.493 e. The maximum Gasteiger partial charge on any atom is 0.273 e. The van der Waals surface area contributed by atoms with E-state index in [9.17, 15) is 14.9 Å². The van der Waals surface area contributed by atoms with Gasteiger partial charge in [-0.1, -0.05) is 31.2 Å². The standard InChI is InChI=1S/C20H21NO5/c1-4-11-26-20-12-15(7-10-19(20)25-3)6-9-18(22)16-8-5-14(2)17(13-16)21(23)24/h5-10,12-13H,4,11H2,1-3H3/b9-6+. The Balaban J connectivity index is 2.22. The van der Waals surface area contributed by atoms with Gasteiger partial charge in [0.05, 0.1) is 18.6 Å². The number of carbonyl (C=O) groups is 1. The second-order valence-electron chi connectivity index (χ2n) is 5.71. The number of methoxy groups -OCH3 is 1. The Morgan fingerprint density at radius 1 is 1.19 bits per heavy atom. The molecular formula is C20H21NO5. The van der Waals surface area contributed by atoms with Crippen LogP contribution >= 0.6 is 0 Å². The lowest BCUT2D eigenvalue weighted by Crippen LogP contribution is -1.99. The summed E-state index contributed by atoms with van der Waals surface area (Å²) in [6.07, 6.45) is 3.90. The normalized spacial score (nSPS) is 10.7. The third kappa shape index (κ3) is 4.69. The molecule has 2 aromatic carbocycles. The fraction of sp³-hybridized carbons (Fsp3) is 0.250. The molecule has 6 heteroatoms. The molecule has 0 aromatic heterocycles. The monoisotopic (exact) mass is 355 g/mol. The van der Waals surface area contributed by atoms with Gasteiger partial charge in [-0.2, -0.15) is 0 Å². The Morgan fingerprint density at radius 3 is 2.62 bits per heavy atom. The van der Waals surface area contributed by atoms with Crippen LogP contribution < -0.4 is 9.47 Å². The van der Waals surface area contributed by atoms with Crippen molar-refractivity contribution in [3.05, 3.63) is 69.3 Å². The summed E-state index contributed by atoms with van der Waals surface area (Å²) in [4.78, 5) is 22.8. The number of hydrogen-bond acceptors (Lipinski definition) is 5. The van der Waals surface area contributed by atoms with Gasteiger partial charge in [0.15, 0.2) is 17.3 Å². The molecule has 0 heterocycles. The lowest BCUT2D eigenvalue weighted by molar-refractivity contribution is -0.385. The van der Waals surface area contributed by atoms with Crippen LogP contribution in [-0.2, 0) is 0 Å². The molecule has 136 valence electrons. The Kier molecular flexibility index (Phi) is 6.49. The Labute approximate surface area is 152 Å². The molecular weight excluding hydrogens is 334 g/mol. The van der Waals surface area contributed by atoms with E-state index in [1.807, 2.05) is 6.92 Å². The fourth-order valence-electron chi connectivity index (χ4n) is 2.35. The van der Waals surface area contributed by atoms with E-state index in [1.165, 1.54) is 12.1 Å². The molecule has 0 spiro atoms. The minimum atomic E-state index is -0.489. The van der Waals surface area contributed by atoms with Crippen molar-refractivity contribution in [1.82, 2.24) is 0 Å². The zero-order valence-electron chi connectivity index (χ0n) is 15.0. The molecule has 0 atom stereocenters. The summed E-state index contributed by atoms with van der Waals surface area (Å²) in [5.74, 6) is 0.922. The van der Waals surface area contributed by atoms with Gasteiger partial charge in [0, 0.05) is 17.2 Å². The van der Waals surface area contributed by atoms with Crippen LogP contribution in [0.2, 0.25) is 0 Å². The highest BCUT2D eigenvalue weighted by Crippen LogP contribution is 2.29. The highest BCUT2D eigenvalue weighted by molar-refractivity contribution is 6.07. The summed E-state index contributed by atoms with van der Waals surface area (Å²) in [5, 5.41) is 11.0. The fourth-order valence-corrected chi connectivity index (χ4v) is 2.35. The number of ketones is 1. The van der Waals surface area contributed by atoms with E-state index in [-0.39, 0.29) is 17.0 Å². The maximum atomic E-state index is 12.3. The van der Waals surface area contributed by atoms with Crippen molar-refractivity contribution in [2.75, 3.05) is 13.7 Å². The molecule has 0 saturated heterocycles. The molecule has 0 bridgehead atoms. The van der Waals surface area contributed by atoms with E-state index >= 15 is 0 Å². The number of carbonyl (C=O) groups excluding carboxylic acids is 1. The zero-order chi connectivity index (χ0) is 19.1. The molecule has 0 aliphatic rings. The number of nitrogens with zero attached hydrogens (tertiary/aromatic N) is 1. The van der Waals surface area contributed by atoms with Crippen LogP contribution in [0.15, 0.2) is 42.5 Å². The first kappa shape index (κ1) is 19.2. The van der Waals surface area contributed by atoms with Gasteiger partial charge in [-0.3, -0.25) is 14.9 Å². The van der Waals surface area contributed by atoms with Crippen molar-refractivity contribution in [2.45, 2.75) is 20.3 Å². The summed E-state index contributed by atoms with van der Waals surface area (Å²) in [6.45, 7) is 4.21. The number of nitro groups is 1. The Hall–Kier alpha value is -3.15. The Morgan fingerprint density at radius 2 is 1.96 bits per heavy atom. The molecule has 2 aromatic rings. The predicted molar refractivity (Wildman–Crippen MR) is 100.0 cm³/mol. The number of ether oxygens (including phenoxy) is 2. The topological polar surface area (TPSA) is 78.7 Å². The van der Waals surface area contributed by atoms with Crippen molar-refractivity contribution < 1.29 is 19.2 Å². The quantitative estimate of drug-likeness (QED) is 0.299. The molecule has 0 saturated carbocycles. The van der Waals surface area contributed by atoms with E-state index in [0.29, 0.717) is 23.7 Å². The molecule has 0 unspecified atom stereocenters. The van der Waals surface area contributed by atoms with Crippen molar-refractivity contribution in [3.8, 4) is 11.5 Å². The molecule has 0 radical (unpaired) electrons. The average Bonchev–Trinajstić information content (AvgIpc) is 2.64. The minimum Gasteiger partial charge on any atom is -0.493 e. The molecule has 2 rings (SSSR count). The van der Waals surface area contributed by atoms with Gasteiger partial charge in [-0.05, 0) is 37.1 Å². The van der Waals surface area contributed by atoms with E-state index in [1.54, 1.807) is 50.4 Å². The number of allylic oxidation sites excluding steroid dienone is 1. The summed E-state index contributed by atoms with van der Waals surface area (Å²) < 4.78 is 10.9. The van der Waals surface area contributed by atoms with Crippen molar-refractivity contribution in [1.29, 1.82) is 0 Å². The van der Waals surface area contributed by atoms with E-state index in [0.717, 1.165) is 12.0 Å². The lowest BCUT2D eigenvalue weighted by Gasteiger charge is -2.10. The lowest BCUT2D eigenvalue weighted by atomic mass is 10.1. The van der Waals surface area contributed by atoms with Crippen LogP contribution in [0.5, 0.6) is 11.5 Å². The number of benzene rings is 2. The van der Waals surface area contributed by atoms with Gasteiger partial charge in [0.25, 0.3) is 5.69 Å². The first-order valence-corrected chi connectivity index (χ1v) is 8.24. The summed E-state index contributed by atoms with van der Waals surface area (Å²) >= 11 is 0. The van der Waals surface area contributed by atoms with Crippen LogP contribution in [-0.4, -0.2) is 24.4 Å². The smallest absolute Gasteiger partial charge is 0.273 e. The van der Waals surface area contributed by atoms with E-state index in [4.69, 9.17) is 9.47 Å². The highest BCUT2D eigenvalue weighted by Gasteiger charge is 2.13. The van der Waals surface area contributed by atoms with Crippen LogP contribution in [0.25, 0.3) is 6.08 Å². The average molecular weight is 355 g/mol. The highest BCUT2D eigenvalue weighted by atomic mass is 16.6. The predicted octanol–water partition coefficient (Wildman–Crippen LogP) is 4.60. The van der Waals surface area contributed by atoms with Gasteiger partial charge < -0.3 is 9.47 Å². The number of hydrogen-bond donors (Lipinski definition) is 0. The number of aryl methyl sites for hydroxylation is 1. The van der Waals surface area contributed by atoms with E-state index < -0.39 is 4.92 Å². The van der Waals surface area contributed by atoms with Gasteiger partial charge in [-0.25, -0.2) is 0 Å². The molecule has 0 N–H and O–H groups in total. The van der Waals surface area contributed by atoms with Crippen molar-refractivity contribution >= 4 is 17.5 Å². The van der Waals surface area contributed by atoms with E-state index in [2.05, 4.69) is 0 Å². The van der Waals surface area contributed by atoms with Crippen molar-refractivity contribution in [3.63, 3.8) is 0 Å². The van der Waals surface area contributed by atoms with Crippen LogP contribution in [0.4, 0.5) is 5.69 Å². The number of rotatable bonds is 8. The zero-order valence-corrected chi connectivity index (χ0v) is 15.0. The van der Waals surface area contributed by atoms with Crippen LogP contribution in [0, 0.1) is 17.0 Å². The second kappa shape index (κ2) is 8.80. The molecule has 0 fully saturated rings. The van der Waals surface area contributed by atoms with Crippen molar-refractivity contribution in [2.24, 2.45) is 0 Å².